The minimum Gasteiger partial charge on any atom is -0.383 e. The quantitative estimate of drug-likeness (QED) is 0.709. The minimum absolute atomic E-state index is 0.640. The van der Waals surface area contributed by atoms with Crippen LogP contribution in [-0.2, 0) is 0 Å². The molecule has 0 fully saturated rings. The molecule has 3 heterocycles. The lowest BCUT2D eigenvalue weighted by molar-refractivity contribution is 1.09. The van der Waals surface area contributed by atoms with Gasteiger partial charge in [-0.15, -0.1) is 0 Å². The number of pyridine rings is 2. The van der Waals surface area contributed by atoms with Crippen molar-refractivity contribution in [1.29, 1.82) is 0 Å². The van der Waals surface area contributed by atoms with Crippen LogP contribution < -0.4 is 5.73 Å². The summed E-state index contributed by atoms with van der Waals surface area (Å²) < 4.78 is 1.96. The monoisotopic (exact) mass is 238 g/mol. The fourth-order valence-corrected chi connectivity index (χ4v) is 2.25. The zero-order valence-corrected chi connectivity index (χ0v) is 10.4. The van der Waals surface area contributed by atoms with Gasteiger partial charge in [0.15, 0.2) is 0 Å². The van der Waals surface area contributed by atoms with Gasteiger partial charge in [0, 0.05) is 11.9 Å². The summed E-state index contributed by atoms with van der Waals surface area (Å²) in [5, 5.41) is 0. The molecule has 0 unspecified atom stereocenters. The third-order valence-electron chi connectivity index (χ3n) is 2.99. The van der Waals surface area contributed by atoms with Gasteiger partial charge in [0.2, 0.25) is 0 Å². The van der Waals surface area contributed by atoms with Crippen LogP contribution in [0.15, 0.2) is 36.5 Å². The van der Waals surface area contributed by atoms with E-state index >= 15 is 0 Å². The number of fused-ring (bicyclic) bond motifs is 1. The Hall–Kier alpha value is -2.36. The number of aromatic nitrogens is 3. The zero-order chi connectivity index (χ0) is 12.7. The van der Waals surface area contributed by atoms with Gasteiger partial charge >= 0.3 is 0 Å². The molecular weight excluding hydrogens is 224 g/mol. The Labute approximate surface area is 105 Å². The molecule has 4 heteroatoms. The van der Waals surface area contributed by atoms with E-state index in [9.17, 15) is 0 Å². The first kappa shape index (κ1) is 10.8. The molecular formula is C14H14N4. The van der Waals surface area contributed by atoms with E-state index in [4.69, 9.17) is 5.73 Å². The van der Waals surface area contributed by atoms with Crippen molar-refractivity contribution in [2.75, 3.05) is 5.73 Å². The van der Waals surface area contributed by atoms with Crippen LogP contribution in [0.25, 0.3) is 17.0 Å². The summed E-state index contributed by atoms with van der Waals surface area (Å²) in [6.07, 6.45) is 1.75. The Morgan fingerprint density at radius 2 is 2.00 bits per heavy atom. The summed E-state index contributed by atoms with van der Waals surface area (Å²) in [5.74, 6) is 0.640. The predicted molar refractivity (Wildman–Crippen MR) is 72.3 cm³/mol. The normalized spacial score (nSPS) is 11.0. The summed E-state index contributed by atoms with van der Waals surface area (Å²) in [4.78, 5) is 8.88. The Morgan fingerprint density at radius 3 is 2.72 bits per heavy atom. The van der Waals surface area contributed by atoms with Crippen molar-refractivity contribution in [2.45, 2.75) is 13.8 Å². The number of hydrogen-bond donors (Lipinski definition) is 1. The molecule has 3 aromatic heterocycles. The predicted octanol–water partition coefficient (Wildman–Crippen LogP) is 2.60. The maximum absolute atomic E-state index is 6.18. The van der Waals surface area contributed by atoms with Gasteiger partial charge in [-0.05, 0) is 43.7 Å². The number of rotatable bonds is 1. The van der Waals surface area contributed by atoms with Gasteiger partial charge in [-0.2, -0.15) is 0 Å². The van der Waals surface area contributed by atoms with Gasteiger partial charge in [-0.3, -0.25) is 9.38 Å². The van der Waals surface area contributed by atoms with Crippen LogP contribution in [0.3, 0.4) is 0 Å². The lowest BCUT2D eigenvalue weighted by Gasteiger charge is -2.03. The topological polar surface area (TPSA) is 56.2 Å². The van der Waals surface area contributed by atoms with E-state index in [-0.39, 0.29) is 0 Å². The molecule has 90 valence electrons. The molecule has 4 nitrogen and oxygen atoms in total. The van der Waals surface area contributed by atoms with E-state index in [0.29, 0.717) is 5.82 Å². The lowest BCUT2D eigenvalue weighted by Crippen LogP contribution is -1.98. The molecule has 0 spiro atoms. The highest BCUT2D eigenvalue weighted by Gasteiger charge is 2.13. The summed E-state index contributed by atoms with van der Waals surface area (Å²) in [6.45, 7) is 4.08. The Balaban J connectivity index is 2.33. The molecule has 0 aromatic carbocycles. The second-order valence-electron chi connectivity index (χ2n) is 4.43. The maximum atomic E-state index is 6.18. The van der Waals surface area contributed by atoms with Crippen LogP contribution in [0, 0.1) is 13.8 Å². The highest BCUT2D eigenvalue weighted by Crippen LogP contribution is 2.26. The van der Waals surface area contributed by atoms with E-state index in [1.807, 2.05) is 35.6 Å². The van der Waals surface area contributed by atoms with Crippen molar-refractivity contribution in [3.63, 3.8) is 0 Å². The van der Waals surface area contributed by atoms with Crippen LogP contribution in [0.1, 0.15) is 11.3 Å². The molecule has 0 bridgehead atoms. The highest BCUT2D eigenvalue weighted by atomic mass is 15.1. The fourth-order valence-electron chi connectivity index (χ4n) is 2.25. The first-order valence-corrected chi connectivity index (χ1v) is 5.83. The van der Waals surface area contributed by atoms with Crippen molar-refractivity contribution in [1.82, 2.24) is 14.4 Å². The van der Waals surface area contributed by atoms with Gasteiger partial charge in [0.05, 0.1) is 5.69 Å². The van der Waals surface area contributed by atoms with Crippen LogP contribution in [0.4, 0.5) is 5.82 Å². The van der Waals surface area contributed by atoms with Gasteiger partial charge in [-0.25, -0.2) is 4.98 Å². The first-order chi connectivity index (χ1) is 8.66. The minimum atomic E-state index is 0.640. The molecule has 0 aliphatic carbocycles. The third-order valence-corrected chi connectivity index (χ3v) is 2.99. The van der Waals surface area contributed by atoms with E-state index in [1.165, 1.54) is 5.56 Å². The average Bonchev–Trinajstić information content (AvgIpc) is 2.67. The van der Waals surface area contributed by atoms with Crippen LogP contribution in [-0.4, -0.2) is 14.4 Å². The molecule has 3 aromatic rings. The zero-order valence-electron chi connectivity index (χ0n) is 10.4. The van der Waals surface area contributed by atoms with Gasteiger partial charge in [0.25, 0.3) is 0 Å². The van der Waals surface area contributed by atoms with E-state index in [1.54, 1.807) is 6.20 Å². The molecule has 0 aliphatic rings. The molecule has 0 radical (unpaired) electrons. The second-order valence-corrected chi connectivity index (χ2v) is 4.43. The Morgan fingerprint density at radius 1 is 1.17 bits per heavy atom. The van der Waals surface area contributed by atoms with Gasteiger partial charge in [0.1, 0.15) is 17.2 Å². The number of nitrogens with zero attached hydrogens (tertiary/aromatic N) is 3. The van der Waals surface area contributed by atoms with Crippen LogP contribution >= 0.6 is 0 Å². The molecule has 0 amide bonds. The molecule has 0 saturated carbocycles. The van der Waals surface area contributed by atoms with Crippen molar-refractivity contribution in [2.24, 2.45) is 0 Å². The third kappa shape index (κ3) is 1.54. The summed E-state index contributed by atoms with van der Waals surface area (Å²) in [7, 11) is 0. The van der Waals surface area contributed by atoms with Crippen molar-refractivity contribution in [3.05, 3.63) is 47.8 Å². The summed E-state index contributed by atoms with van der Waals surface area (Å²) in [6, 6.07) is 9.85. The van der Waals surface area contributed by atoms with Crippen molar-refractivity contribution >= 4 is 11.5 Å². The molecule has 18 heavy (non-hydrogen) atoms. The van der Waals surface area contributed by atoms with Crippen molar-refractivity contribution in [3.8, 4) is 11.4 Å². The maximum Gasteiger partial charge on any atom is 0.139 e. The van der Waals surface area contributed by atoms with Crippen LogP contribution in [0.2, 0.25) is 0 Å². The van der Waals surface area contributed by atoms with E-state index < -0.39 is 0 Å². The average molecular weight is 238 g/mol. The SMILES string of the molecule is Cc1cc(C)n2c(N)c(-c3ccccn3)nc2c1. The largest absolute Gasteiger partial charge is 0.383 e. The van der Waals surface area contributed by atoms with Crippen molar-refractivity contribution < 1.29 is 0 Å². The second kappa shape index (κ2) is 3.84. The smallest absolute Gasteiger partial charge is 0.139 e. The van der Waals surface area contributed by atoms with Gasteiger partial charge in [-0.1, -0.05) is 6.07 Å². The molecule has 0 aliphatic heterocycles. The number of anilines is 1. The Bertz CT molecular complexity index is 713. The number of aryl methyl sites for hydroxylation is 2. The first-order valence-electron chi connectivity index (χ1n) is 5.83. The Kier molecular flexibility index (Phi) is 2.30. The molecule has 3 rings (SSSR count). The van der Waals surface area contributed by atoms with E-state index in [0.717, 1.165) is 22.7 Å². The standard InChI is InChI=1S/C14H14N4/c1-9-7-10(2)18-12(8-9)17-13(14(18)15)11-5-3-4-6-16-11/h3-8H,15H2,1-2H3. The van der Waals surface area contributed by atoms with Crippen LogP contribution in [0.5, 0.6) is 0 Å². The summed E-state index contributed by atoms with van der Waals surface area (Å²) >= 11 is 0. The van der Waals surface area contributed by atoms with E-state index in [2.05, 4.69) is 23.0 Å². The molecule has 0 saturated heterocycles. The van der Waals surface area contributed by atoms with Gasteiger partial charge < -0.3 is 5.73 Å². The summed E-state index contributed by atoms with van der Waals surface area (Å²) in [5.41, 5.74) is 10.8. The molecule has 2 N–H and O–H groups in total. The molecule has 0 atom stereocenters. The lowest BCUT2D eigenvalue weighted by atomic mass is 10.2. The highest BCUT2D eigenvalue weighted by molar-refractivity contribution is 5.73. The number of nitrogens with two attached hydrogens (primary N) is 1. The number of nitrogen functional groups attached to an aromatic ring is 1. The fraction of sp³-hybridized carbons (Fsp3) is 0.143. The number of imidazole rings is 1. The number of hydrogen-bond acceptors (Lipinski definition) is 3.